The van der Waals surface area contributed by atoms with Gasteiger partial charge in [-0.3, -0.25) is 5.43 Å². The summed E-state index contributed by atoms with van der Waals surface area (Å²) < 4.78 is 2.30. The Balaban J connectivity index is 1.71. The number of nitrogens with zero attached hydrogens (tertiary/aromatic N) is 2. The Labute approximate surface area is 186 Å². The molecule has 1 heterocycles. The normalized spacial score (nSPS) is 11.3. The highest BCUT2D eigenvalue weighted by Gasteiger charge is 2.18. The van der Waals surface area contributed by atoms with E-state index >= 15 is 0 Å². The number of aromatic nitrogens is 1. The fourth-order valence-corrected chi connectivity index (χ4v) is 4.04. The summed E-state index contributed by atoms with van der Waals surface area (Å²) in [5.74, 6) is 0. The van der Waals surface area contributed by atoms with Crippen LogP contribution < -0.4 is 5.43 Å². The van der Waals surface area contributed by atoms with Gasteiger partial charge in [0, 0.05) is 21.7 Å². The van der Waals surface area contributed by atoms with Crippen molar-refractivity contribution in [3.8, 4) is 16.9 Å². The summed E-state index contributed by atoms with van der Waals surface area (Å²) in [4.78, 5) is 0. The first-order valence-corrected chi connectivity index (χ1v) is 10.5. The molecule has 0 spiro atoms. The number of fused-ring (bicyclic) bond motifs is 1. The van der Waals surface area contributed by atoms with Crippen molar-refractivity contribution in [3.05, 3.63) is 120 Å². The summed E-state index contributed by atoms with van der Waals surface area (Å²) in [6.07, 6.45) is 1.89. The largest absolute Gasteiger partial charge is 0.309 e. The van der Waals surface area contributed by atoms with Crippen LogP contribution in [0.15, 0.2) is 114 Å². The van der Waals surface area contributed by atoms with Crippen molar-refractivity contribution >= 4 is 34.4 Å². The highest BCUT2D eigenvalue weighted by atomic mass is 35.5. The van der Waals surface area contributed by atoms with Gasteiger partial charge in [-0.1, -0.05) is 84.4 Å². The average Bonchev–Trinajstić information content (AvgIpc) is 3.15. The van der Waals surface area contributed by atoms with Crippen LogP contribution in [0.4, 0.5) is 5.69 Å². The minimum absolute atomic E-state index is 0.672. The second-order valence-electron chi connectivity index (χ2n) is 7.20. The average molecular weight is 422 g/mol. The third-order valence-corrected chi connectivity index (χ3v) is 5.42. The molecule has 5 rings (SSSR count). The molecule has 0 saturated heterocycles. The first-order valence-electron chi connectivity index (χ1n) is 10.1. The molecule has 1 N–H and O–H groups in total. The van der Waals surface area contributed by atoms with E-state index in [0.29, 0.717) is 5.02 Å². The first-order chi connectivity index (χ1) is 15.3. The molecule has 5 aromatic rings. The highest BCUT2D eigenvalue weighted by Crippen LogP contribution is 2.35. The van der Waals surface area contributed by atoms with Crippen molar-refractivity contribution in [1.82, 2.24) is 4.57 Å². The van der Waals surface area contributed by atoms with Crippen molar-refractivity contribution in [3.63, 3.8) is 0 Å². The van der Waals surface area contributed by atoms with E-state index in [2.05, 4.69) is 87.9 Å². The van der Waals surface area contributed by atoms with Crippen molar-refractivity contribution in [2.75, 3.05) is 5.43 Å². The maximum atomic E-state index is 6.10. The predicted octanol–water partition coefficient (Wildman–Crippen LogP) is 7.40. The Kier molecular flexibility index (Phi) is 5.26. The molecule has 0 amide bonds. The standard InChI is InChI=1S/C27H20ClN3/c28-21-12-9-13-22(18-21)30-29-19-25-24-16-7-8-17-26(24)31(23-14-5-2-6-15-23)27(25)20-10-3-1-4-11-20/h1-19,30H/b29-19+. The van der Waals surface area contributed by atoms with Gasteiger partial charge in [0.1, 0.15) is 0 Å². The maximum absolute atomic E-state index is 6.10. The molecular formula is C27H20ClN3. The molecule has 1 aromatic heterocycles. The molecular weight excluding hydrogens is 402 g/mol. The summed E-state index contributed by atoms with van der Waals surface area (Å²) in [5, 5.41) is 6.36. The van der Waals surface area contributed by atoms with Gasteiger partial charge in [-0.25, -0.2) is 0 Å². The Hall–Kier alpha value is -3.82. The van der Waals surface area contributed by atoms with Crippen LogP contribution in [0, 0.1) is 0 Å². The summed E-state index contributed by atoms with van der Waals surface area (Å²) >= 11 is 6.10. The lowest BCUT2D eigenvalue weighted by Gasteiger charge is -2.12. The fourth-order valence-electron chi connectivity index (χ4n) is 3.85. The Bertz CT molecular complexity index is 1360. The Morgan fingerprint density at radius 2 is 1.45 bits per heavy atom. The van der Waals surface area contributed by atoms with E-state index in [1.54, 1.807) is 0 Å². The Morgan fingerprint density at radius 1 is 0.742 bits per heavy atom. The van der Waals surface area contributed by atoms with Crippen molar-refractivity contribution in [2.24, 2.45) is 5.10 Å². The zero-order chi connectivity index (χ0) is 21.0. The van der Waals surface area contributed by atoms with E-state index in [1.807, 2.05) is 42.6 Å². The minimum atomic E-state index is 0.672. The molecule has 0 saturated carbocycles. The van der Waals surface area contributed by atoms with Crippen LogP contribution in [0.1, 0.15) is 5.56 Å². The molecule has 0 radical (unpaired) electrons. The highest BCUT2D eigenvalue weighted by molar-refractivity contribution is 6.30. The fraction of sp³-hybridized carbons (Fsp3) is 0. The molecule has 0 bridgehead atoms. The monoisotopic (exact) mass is 421 g/mol. The Morgan fingerprint density at radius 3 is 2.23 bits per heavy atom. The van der Waals surface area contributed by atoms with Crippen LogP contribution in [-0.2, 0) is 0 Å². The van der Waals surface area contributed by atoms with Gasteiger partial charge in [-0.15, -0.1) is 0 Å². The van der Waals surface area contributed by atoms with E-state index in [-0.39, 0.29) is 0 Å². The molecule has 3 nitrogen and oxygen atoms in total. The SMILES string of the molecule is Clc1cccc(N/N=C/c2c(-c3ccccc3)n(-c3ccccc3)c3ccccc23)c1. The number of para-hydroxylation sites is 2. The van der Waals surface area contributed by atoms with Gasteiger partial charge in [0.2, 0.25) is 0 Å². The number of anilines is 1. The van der Waals surface area contributed by atoms with E-state index in [4.69, 9.17) is 11.6 Å². The van der Waals surface area contributed by atoms with Gasteiger partial charge < -0.3 is 4.57 Å². The van der Waals surface area contributed by atoms with E-state index in [9.17, 15) is 0 Å². The van der Waals surface area contributed by atoms with Gasteiger partial charge in [0.05, 0.1) is 23.1 Å². The smallest absolute Gasteiger partial charge is 0.0629 e. The zero-order valence-corrected chi connectivity index (χ0v) is 17.5. The maximum Gasteiger partial charge on any atom is 0.0629 e. The third kappa shape index (κ3) is 3.83. The van der Waals surface area contributed by atoms with Crippen LogP contribution in [0.5, 0.6) is 0 Å². The van der Waals surface area contributed by atoms with E-state index < -0.39 is 0 Å². The molecule has 0 fully saturated rings. The lowest BCUT2D eigenvalue weighted by Crippen LogP contribution is -1.98. The molecule has 4 heteroatoms. The zero-order valence-electron chi connectivity index (χ0n) is 16.7. The summed E-state index contributed by atoms with van der Waals surface area (Å²) in [7, 11) is 0. The number of benzene rings is 4. The predicted molar refractivity (Wildman–Crippen MR) is 131 cm³/mol. The quantitative estimate of drug-likeness (QED) is 0.232. The molecule has 0 atom stereocenters. The van der Waals surface area contributed by atoms with Crippen LogP contribution in [0.25, 0.3) is 27.8 Å². The van der Waals surface area contributed by atoms with Crippen LogP contribution in [0.2, 0.25) is 5.02 Å². The van der Waals surface area contributed by atoms with Crippen molar-refractivity contribution < 1.29 is 0 Å². The van der Waals surface area contributed by atoms with Gasteiger partial charge in [0.15, 0.2) is 0 Å². The molecule has 31 heavy (non-hydrogen) atoms. The lowest BCUT2D eigenvalue weighted by molar-refractivity contribution is 1.13. The van der Waals surface area contributed by atoms with Crippen molar-refractivity contribution in [2.45, 2.75) is 0 Å². The second kappa shape index (κ2) is 8.50. The number of nitrogens with one attached hydrogen (secondary N) is 1. The topological polar surface area (TPSA) is 29.3 Å². The van der Waals surface area contributed by atoms with E-state index in [1.165, 1.54) is 0 Å². The third-order valence-electron chi connectivity index (χ3n) is 5.19. The van der Waals surface area contributed by atoms with Gasteiger partial charge in [-0.05, 0) is 42.0 Å². The lowest BCUT2D eigenvalue weighted by atomic mass is 10.1. The summed E-state index contributed by atoms with van der Waals surface area (Å²) in [6, 6.07) is 36.8. The molecule has 0 aliphatic rings. The van der Waals surface area contributed by atoms with Gasteiger partial charge in [0.25, 0.3) is 0 Å². The number of hydrogen-bond acceptors (Lipinski definition) is 2. The van der Waals surface area contributed by atoms with E-state index in [0.717, 1.165) is 39.1 Å². The van der Waals surface area contributed by atoms with Crippen molar-refractivity contribution in [1.29, 1.82) is 0 Å². The van der Waals surface area contributed by atoms with Crippen LogP contribution in [-0.4, -0.2) is 10.8 Å². The minimum Gasteiger partial charge on any atom is -0.309 e. The molecule has 150 valence electrons. The number of rotatable bonds is 5. The first kappa shape index (κ1) is 19.2. The summed E-state index contributed by atoms with van der Waals surface area (Å²) in [6.45, 7) is 0. The molecule has 0 unspecified atom stereocenters. The van der Waals surface area contributed by atoms with Crippen LogP contribution >= 0.6 is 11.6 Å². The molecule has 0 aliphatic carbocycles. The molecule has 0 aliphatic heterocycles. The number of hydrogen-bond donors (Lipinski definition) is 1. The van der Waals surface area contributed by atoms with Gasteiger partial charge >= 0.3 is 0 Å². The molecule has 4 aromatic carbocycles. The van der Waals surface area contributed by atoms with Crippen LogP contribution in [0.3, 0.4) is 0 Å². The number of halogens is 1. The second-order valence-corrected chi connectivity index (χ2v) is 7.63. The van der Waals surface area contributed by atoms with Gasteiger partial charge in [-0.2, -0.15) is 5.10 Å². The summed E-state index contributed by atoms with van der Waals surface area (Å²) in [5.41, 5.74) is 9.48. The number of hydrazone groups is 1.